The van der Waals surface area contributed by atoms with E-state index in [-0.39, 0.29) is 12.8 Å². The molecule has 7 heteroatoms. The van der Waals surface area contributed by atoms with Crippen LogP contribution in [0.4, 0.5) is 13.2 Å². The van der Waals surface area contributed by atoms with Gasteiger partial charge in [-0.2, -0.15) is 13.2 Å². The topological polar surface area (TPSA) is 46.5 Å². The summed E-state index contributed by atoms with van der Waals surface area (Å²) in [5.41, 5.74) is -0.906. The van der Waals surface area contributed by atoms with Crippen molar-refractivity contribution in [3.8, 4) is 0 Å². The Balaban J connectivity index is 2.30. The molecule has 3 nitrogen and oxygen atoms in total. The lowest BCUT2D eigenvalue weighted by Crippen LogP contribution is -2.46. The molecule has 1 N–H and O–H groups in total. The number of halogens is 4. The van der Waals surface area contributed by atoms with E-state index in [1.165, 1.54) is 0 Å². The number of aliphatic hydroxyl groups is 1. The fourth-order valence-corrected chi connectivity index (χ4v) is 2.56. The van der Waals surface area contributed by atoms with E-state index in [2.05, 4.69) is 0 Å². The van der Waals surface area contributed by atoms with E-state index in [4.69, 9.17) is 16.3 Å². The zero-order valence-corrected chi connectivity index (χ0v) is 9.33. The highest BCUT2D eigenvalue weighted by Gasteiger charge is 2.49. The summed E-state index contributed by atoms with van der Waals surface area (Å²) >= 11 is 5.75. The van der Waals surface area contributed by atoms with E-state index >= 15 is 0 Å². The van der Waals surface area contributed by atoms with E-state index < -0.39 is 41.2 Å². The molecule has 0 amide bonds. The summed E-state index contributed by atoms with van der Waals surface area (Å²) in [4.78, 5) is 11.0. The first-order chi connectivity index (χ1) is 7.79. The second kappa shape index (κ2) is 4.17. The highest BCUT2D eigenvalue weighted by molar-refractivity contribution is 6.21. The summed E-state index contributed by atoms with van der Waals surface area (Å²) in [5, 5.41) is 8.72. The molecule has 2 rings (SSSR count). The number of esters is 1. The van der Waals surface area contributed by atoms with E-state index in [9.17, 15) is 23.1 Å². The maximum atomic E-state index is 12.7. The van der Waals surface area contributed by atoms with Crippen molar-refractivity contribution in [3.05, 3.63) is 11.6 Å². The van der Waals surface area contributed by atoms with Crippen LogP contribution in [-0.2, 0) is 9.53 Å². The Kier molecular flexibility index (Phi) is 3.12. The molecule has 1 heterocycles. The van der Waals surface area contributed by atoms with Crippen LogP contribution in [0.2, 0.25) is 0 Å². The highest BCUT2D eigenvalue weighted by atomic mass is 35.5. The molecule has 4 unspecified atom stereocenters. The Labute approximate surface area is 100 Å². The summed E-state index contributed by atoms with van der Waals surface area (Å²) in [6.45, 7) is 0. The lowest BCUT2D eigenvalue weighted by Gasteiger charge is -2.39. The van der Waals surface area contributed by atoms with Crippen LogP contribution in [-0.4, -0.2) is 34.8 Å². The van der Waals surface area contributed by atoms with Crippen LogP contribution in [0, 0.1) is 5.92 Å². The van der Waals surface area contributed by atoms with Gasteiger partial charge in [-0.1, -0.05) is 0 Å². The smallest absolute Gasteiger partial charge is 0.413 e. The molecule has 96 valence electrons. The molecule has 1 aliphatic heterocycles. The molecular weight excluding hydrogens is 261 g/mol. The predicted molar refractivity (Wildman–Crippen MR) is 52.4 cm³/mol. The fourth-order valence-electron chi connectivity index (χ4n) is 2.27. The monoisotopic (exact) mass is 270 g/mol. The number of fused-ring (bicyclic) bond motifs is 1. The van der Waals surface area contributed by atoms with Gasteiger partial charge in [0.1, 0.15) is 6.10 Å². The van der Waals surface area contributed by atoms with Crippen LogP contribution >= 0.6 is 11.6 Å². The van der Waals surface area contributed by atoms with Gasteiger partial charge in [0.15, 0.2) is 0 Å². The van der Waals surface area contributed by atoms with E-state index in [1.807, 2.05) is 0 Å². The summed E-state index contributed by atoms with van der Waals surface area (Å²) in [5.74, 6) is -1.99. The summed E-state index contributed by atoms with van der Waals surface area (Å²) in [6.07, 6.45) is -6.08. The van der Waals surface area contributed by atoms with Crippen molar-refractivity contribution < 1.29 is 27.8 Å². The molecule has 0 saturated heterocycles. The molecule has 0 radical (unpaired) electrons. The van der Waals surface area contributed by atoms with Crippen LogP contribution in [0.25, 0.3) is 0 Å². The van der Waals surface area contributed by atoms with Crippen molar-refractivity contribution in [3.63, 3.8) is 0 Å². The average Bonchev–Trinajstić information content (AvgIpc) is 2.18. The van der Waals surface area contributed by atoms with Gasteiger partial charge in [0.25, 0.3) is 0 Å². The SMILES string of the molecule is O=C1C=C(C(F)(F)F)C2CC(Cl)C(O)CC2O1. The van der Waals surface area contributed by atoms with Gasteiger partial charge in [0.05, 0.1) is 11.5 Å². The Morgan fingerprint density at radius 1 is 1.41 bits per heavy atom. The van der Waals surface area contributed by atoms with E-state index in [0.717, 1.165) is 0 Å². The van der Waals surface area contributed by atoms with Crippen molar-refractivity contribution in [2.24, 2.45) is 5.92 Å². The molecule has 1 fully saturated rings. The second-order valence-electron chi connectivity index (χ2n) is 4.23. The molecule has 0 aromatic heterocycles. The zero-order valence-electron chi connectivity index (χ0n) is 8.58. The minimum absolute atomic E-state index is 0.0496. The Hall–Kier alpha value is -0.750. The van der Waals surface area contributed by atoms with Gasteiger partial charge < -0.3 is 9.84 Å². The fraction of sp³-hybridized carbons (Fsp3) is 0.700. The number of aliphatic hydroxyl groups excluding tert-OH is 1. The van der Waals surface area contributed by atoms with Crippen molar-refractivity contribution in [2.75, 3.05) is 0 Å². The molecule has 1 aliphatic carbocycles. The molecular formula is C10H10ClF3O3. The quantitative estimate of drug-likeness (QED) is 0.539. The van der Waals surface area contributed by atoms with Gasteiger partial charge in [0.2, 0.25) is 0 Å². The summed E-state index contributed by atoms with van der Waals surface area (Å²) in [7, 11) is 0. The maximum absolute atomic E-state index is 12.7. The van der Waals surface area contributed by atoms with Crippen molar-refractivity contribution in [1.29, 1.82) is 0 Å². The first kappa shape index (κ1) is 12.7. The van der Waals surface area contributed by atoms with Crippen molar-refractivity contribution >= 4 is 17.6 Å². The first-order valence-corrected chi connectivity index (χ1v) is 5.54. The Morgan fingerprint density at radius 2 is 2.06 bits per heavy atom. The van der Waals surface area contributed by atoms with Crippen molar-refractivity contribution in [2.45, 2.75) is 36.6 Å². The molecule has 0 spiro atoms. The minimum Gasteiger partial charge on any atom is -0.458 e. The van der Waals surface area contributed by atoms with Gasteiger partial charge in [-0.25, -0.2) is 4.79 Å². The number of hydrogen-bond donors (Lipinski definition) is 1. The predicted octanol–water partition coefficient (Wildman–Crippen LogP) is 1.78. The Bertz CT molecular complexity index is 366. The molecule has 1 saturated carbocycles. The number of carbonyl (C=O) groups is 1. The largest absolute Gasteiger partial charge is 0.458 e. The third-order valence-electron chi connectivity index (χ3n) is 3.09. The highest BCUT2D eigenvalue weighted by Crippen LogP contribution is 2.43. The van der Waals surface area contributed by atoms with Crippen LogP contribution in [0.15, 0.2) is 11.6 Å². The zero-order chi connectivity index (χ0) is 12.8. The van der Waals surface area contributed by atoms with Crippen LogP contribution in [0.5, 0.6) is 0 Å². The lowest BCUT2D eigenvalue weighted by atomic mass is 9.78. The number of ether oxygens (including phenoxy) is 1. The van der Waals surface area contributed by atoms with Crippen LogP contribution in [0.3, 0.4) is 0 Å². The number of alkyl halides is 4. The third kappa shape index (κ3) is 2.42. The summed E-state index contributed by atoms with van der Waals surface area (Å²) < 4.78 is 43.0. The molecule has 0 aromatic rings. The van der Waals surface area contributed by atoms with E-state index in [1.54, 1.807) is 0 Å². The minimum atomic E-state index is -4.57. The first-order valence-electron chi connectivity index (χ1n) is 5.10. The average molecular weight is 271 g/mol. The normalized spacial score (nSPS) is 38.2. The number of hydrogen-bond acceptors (Lipinski definition) is 3. The molecule has 4 atom stereocenters. The van der Waals surface area contributed by atoms with E-state index in [0.29, 0.717) is 6.08 Å². The van der Waals surface area contributed by atoms with Gasteiger partial charge in [-0.15, -0.1) is 11.6 Å². The van der Waals surface area contributed by atoms with Gasteiger partial charge in [-0.3, -0.25) is 0 Å². The van der Waals surface area contributed by atoms with Gasteiger partial charge in [0, 0.05) is 24.0 Å². The van der Waals surface area contributed by atoms with Crippen LogP contribution in [0.1, 0.15) is 12.8 Å². The lowest BCUT2D eigenvalue weighted by molar-refractivity contribution is -0.159. The van der Waals surface area contributed by atoms with Crippen LogP contribution < -0.4 is 0 Å². The number of carbonyl (C=O) groups excluding carboxylic acids is 1. The molecule has 2 aliphatic rings. The third-order valence-corrected chi connectivity index (χ3v) is 3.56. The summed E-state index contributed by atoms with van der Waals surface area (Å²) in [6, 6.07) is 0. The maximum Gasteiger partial charge on any atom is 0.413 e. The molecule has 0 aromatic carbocycles. The Morgan fingerprint density at radius 3 is 2.65 bits per heavy atom. The van der Waals surface area contributed by atoms with Crippen molar-refractivity contribution in [1.82, 2.24) is 0 Å². The standard InChI is InChI=1S/C10H10ClF3O3/c11-6-1-4-5(10(12,13)14)2-9(16)17-8(4)3-7(6)15/h2,4,6-8,15H,1,3H2. The molecule has 17 heavy (non-hydrogen) atoms. The van der Waals surface area contributed by atoms with Gasteiger partial charge >= 0.3 is 12.1 Å². The number of rotatable bonds is 0. The van der Waals surface area contributed by atoms with Gasteiger partial charge in [-0.05, 0) is 6.42 Å². The second-order valence-corrected chi connectivity index (χ2v) is 4.79. The molecule has 0 bridgehead atoms.